The highest BCUT2D eigenvalue weighted by molar-refractivity contribution is 5.51. The van der Waals surface area contributed by atoms with Crippen LogP contribution < -0.4 is 10.2 Å². The van der Waals surface area contributed by atoms with Gasteiger partial charge >= 0.3 is 0 Å². The number of benzene rings is 1. The molecule has 1 aliphatic rings. The second kappa shape index (κ2) is 5.72. The largest absolute Gasteiger partial charge is 0.372 e. The molecule has 1 fully saturated rings. The normalized spacial score (nSPS) is 24.3. The van der Waals surface area contributed by atoms with Gasteiger partial charge in [-0.25, -0.2) is 0 Å². The van der Waals surface area contributed by atoms with Gasteiger partial charge in [0.2, 0.25) is 0 Å². The van der Waals surface area contributed by atoms with E-state index in [-0.39, 0.29) is 0 Å². The van der Waals surface area contributed by atoms with Crippen molar-refractivity contribution < 1.29 is 4.74 Å². The monoisotopic (exact) mass is 248 g/mol. The van der Waals surface area contributed by atoms with E-state index in [0.717, 1.165) is 19.6 Å². The molecule has 1 aromatic carbocycles. The molecule has 0 spiro atoms. The Balaban J connectivity index is 2.15. The summed E-state index contributed by atoms with van der Waals surface area (Å²) in [7, 11) is 1.98. The van der Waals surface area contributed by atoms with Crippen molar-refractivity contribution in [2.45, 2.75) is 39.5 Å². The number of hydrogen-bond acceptors (Lipinski definition) is 3. The molecule has 3 nitrogen and oxygen atoms in total. The molecular weight excluding hydrogens is 224 g/mol. The summed E-state index contributed by atoms with van der Waals surface area (Å²) >= 11 is 0. The number of aryl methyl sites for hydroxylation is 1. The molecule has 2 atom stereocenters. The van der Waals surface area contributed by atoms with Gasteiger partial charge in [0.25, 0.3) is 0 Å². The highest BCUT2D eigenvalue weighted by Crippen LogP contribution is 2.23. The van der Waals surface area contributed by atoms with Crippen LogP contribution in [0.5, 0.6) is 0 Å². The molecule has 0 saturated carbocycles. The molecule has 18 heavy (non-hydrogen) atoms. The van der Waals surface area contributed by atoms with E-state index in [0.29, 0.717) is 12.2 Å². The Morgan fingerprint density at radius 2 is 1.94 bits per heavy atom. The van der Waals surface area contributed by atoms with Crippen molar-refractivity contribution in [3.63, 3.8) is 0 Å². The van der Waals surface area contributed by atoms with Crippen LogP contribution in [0.15, 0.2) is 18.2 Å². The average Bonchev–Trinajstić information content (AvgIpc) is 2.30. The first-order valence-electron chi connectivity index (χ1n) is 6.74. The van der Waals surface area contributed by atoms with Gasteiger partial charge in [-0.3, -0.25) is 0 Å². The van der Waals surface area contributed by atoms with Crippen LogP contribution in [0.3, 0.4) is 0 Å². The van der Waals surface area contributed by atoms with Gasteiger partial charge in [0.1, 0.15) is 0 Å². The number of ether oxygens (including phenoxy) is 1. The molecule has 100 valence electrons. The summed E-state index contributed by atoms with van der Waals surface area (Å²) in [6.07, 6.45) is 0.622. The molecule has 1 N–H and O–H groups in total. The van der Waals surface area contributed by atoms with Crippen LogP contribution in [0.4, 0.5) is 5.69 Å². The molecule has 0 radical (unpaired) electrons. The maximum Gasteiger partial charge on any atom is 0.0726 e. The average molecular weight is 248 g/mol. The van der Waals surface area contributed by atoms with E-state index in [2.05, 4.69) is 49.2 Å². The van der Waals surface area contributed by atoms with E-state index >= 15 is 0 Å². The van der Waals surface area contributed by atoms with Crippen LogP contribution in [0, 0.1) is 6.92 Å². The molecule has 0 aromatic heterocycles. The lowest BCUT2D eigenvalue weighted by atomic mass is 10.1. The minimum atomic E-state index is 0.311. The zero-order chi connectivity index (χ0) is 13.1. The summed E-state index contributed by atoms with van der Waals surface area (Å²) in [5.41, 5.74) is 4.04. The summed E-state index contributed by atoms with van der Waals surface area (Å²) in [6, 6.07) is 6.74. The highest BCUT2D eigenvalue weighted by Gasteiger charge is 2.22. The van der Waals surface area contributed by atoms with Gasteiger partial charge < -0.3 is 15.0 Å². The van der Waals surface area contributed by atoms with Crippen LogP contribution in [0.25, 0.3) is 0 Å². The lowest BCUT2D eigenvalue weighted by molar-refractivity contribution is -0.00522. The van der Waals surface area contributed by atoms with Crippen molar-refractivity contribution in [1.82, 2.24) is 5.32 Å². The van der Waals surface area contributed by atoms with Crippen LogP contribution in [0.2, 0.25) is 0 Å². The SMILES string of the molecule is CNCc1ccc(N2C[C@@H](C)O[C@@H](C)C2)cc1C. The molecular formula is C15H24N2O. The second-order valence-electron chi connectivity index (χ2n) is 5.30. The highest BCUT2D eigenvalue weighted by atomic mass is 16.5. The number of hydrogen-bond donors (Lipinski definition) is 1. The Morgan fingerprint density at radius 1 is 1.28 bits per heavy atom. The predicted molar refractivity (Wildman–Crippen MR) is 76.2 cm³/mol. The van der Waals surface area contributed by atoms with Crippen molar-refractivity contribution in [2.24, 2.45) is 0 Å². The minimum Gasteiger partial charge on any atom is -0.372 e. The molecule has 1 aliphatic heterocycles. The third-order valence-electron chi connectivity index (χ3n) is 3.48. The molecule has 3 heteroatoms. The van der Waals surface area contributed by atoms with Crippen LogP contribution in [-0.4, -0.2) is 32.3 Å². The summed E-state index contributed by atoms with van der Waals surface area (Å²) in [5.74, 6) is 0. The molecule has 0 bridgehead atoms. The lowest BCUT2D eigenvalue weighted by Gasteiger charge is -2.37. The van der Waals surface area contributed by atoms with E-state index in [4.69, 9.17) is 4.74 Å². The molecule has 0 aliphatic carbocycles. The fraction of sp³-hybridized carbons (Fsp3) is 0.600. The summed E-state index contributed by atoms with van der Waals surface area (Å²) in [4.78, 5) is 2.43. The molecule has 2 rings (SSSR count). The van der Waals surface area contributed by atoms with E-state index in [1.54, 1.807) is 0 Å². The Bertz CT molecular complexity index is 395. The van der Waals surface area contributed by atoms with Crippen LogP contribution in [-0.2, 0) is 11.3 Å². The first-order valence-corrected chi connectivity index (χ1v) is 6.74. The fourth-order valence-corrected chi connectivity index (χ4v) is 2.65. The van der Waals surface area contributed by atoms with Crippen molar-refractivity contribution in [1.29, 1.82) is 0 Å². The third-order valence-corrected chi connectivity index (χ3v) is 3.48. The topological polar surface area (TPSA) is 24.5 Å². The summed E-state index contributed by atoms with van der Waals surface area (Å²) in [6.45, 7) is 9.37. The lowest BCUT2D eigenvalue weighted by Crippen LogP contribution is -2.45. The second-order valence-corrected chi connectivity index (χ2v) is 5.30. The molecule has 1 saturated heterocycles. The predicted octanol–water partition coefficient (Wildman–Crippen LogP) is 2.33. The van der Waals surface area contributed by atoms with E-state index in [9.17, 15) is 0 Å². The van der Waals surface area contributed by atoms with Gasteiger partial charge in [0.15, 0.2) is 0 Å². The van der Waals surface area contributed by atoms with Gasteiger partial charge in [-0.05, 0) is 51.1 Å². The number of rotatable bonds is 3. The van der Waals surface area contributed by atoms with E-state index < -0.39 is 0 Å². The molecule has 1 heterocycles. The Labute approximate surface area is 110 Å². The standard InChI is InChI=1S/C15H24N2O/c1-11-7-15(6-5-14(11)8-16-4)17-9-12(2)18-13(3)10-17/h5-7,12-13,16H,8-10H2,1-4H3/t12-,13+. The van der Waals surface area contributed by atoms with Crippen LogP contribution >= 0.6 is 0 Å². The number of nitrogens with zero attached hydrogens (tertiary/aromatic N) is 1. The van der Waals surface area contributed by atoms with Gasteiger partial charge in [-0.2, -0.15) is 0 Å². The van der Waals surface area contributed by atoms with Gasteiger partial charge in [-0.15, -0.1) is 0 Å². The summed E-state index contributed by atoms with van der Waals surface area (Å²) in [5, 5.41) is 3.20. The fourth-order valence-electron chi connectivity index (χ4n) is 2.65. The zero-order valence-electron chi connectivity index (χ0n) is 11.9. The zero-order valence-corrected chi connectivity index (χ0v) is 11.9. The number of nitrogens with one attached hydrogen (secondary N) is 1. The third kappa shape index (κ3) is 3.03. The Kier molecular flexibility index (Phi) is 4.25. The molecule has 0 unspecified atom stereocenters. The van der Waals surface area contributed by atoms with Crippen molar-refractivity contribution in [3.8, 4) is 0 Å². The maximum absolute atomic E-state index is 5.78. The smallest absolute Gasteiger partial charge is 0.0726 e. The van der Waals surface area contributed by atoms with E-state index in [1.807, 2.05) is 7.05 Å². The van der Waals surface area contributed by atoms with Crippen LogP contribution in [0.1, 0.15) is 25.0 Å². The van der Waals surface area contributed by atoms with Crippen molar-refractivity contribution in [3.05, 3.63) is 29.3 Å². The molecule has 0 amide bonds. The first-order chi connectivity index (χ1) is 8.60. The number of anilines is 1. The van der Waals surface area contributed by atoms with Gasteiger partial charge in [-0.1, -0.05) is 6.07 Å². The first kappa shape index (κ1) is 13.4. The van der Waals surface area contributed by atoms with Gasteiger partial charge in [0.05, 0.1) is 12.2 Å². The number of morpholine rings is 1. The Morgan fingerprint density at radius 3 is 2.50 bits per heavy atom. The van der Waals surface area contributed by atoms with Crippen molar-refractivity contribution >= 4 is 5.69 Å². The maximum atomic E-state index is 5.78. The van der Waals surface area contributed by atoms with E-state index in [1.165, 1.54) is 16.8 Å². The summed E-state index contributed by atoms with van der Waals surface area (Å²) < 4.78 is 5.78. The van der Waals surface area contributed by atoms with Crippen molar-refractivity contribution in [2.75, 3.05) is 25.0 Å². The molecule has 1 aromatic rings. The van der Waals surface area contributed by atoms with Gasteiger partial charge in [0, 0.05) is 25.3 Å². The minimum absolute atomic E-state index is 0.311. The Hall–Kier alpha value is -1.06. The quantitative estimate of drug-likeness (QED) is 0.888.